The van der Waals surface area contributed by atoms with Crippen LogP contribution >= 0.6 is 0 Å². The summed E-state index contributed by atoms with van der Waals surface area (Å²) in [4.78, 5) is 24.6. The molecule has 2 unspecified atom stereocenters. The number of hydrogen-bond donors (Lipinski definition) is 1. The first-order valence-corrected chi connectivity index (χ1v) is 7.59. The van der Waals surface area contributed by atoms with E-state index in [1.54, 1.807) is 0 Å². The van der Waals surface area contributed by atoms with E-state index in [9.17, 15) is 9.59 Å². The first-order chi connectivity index (χ1) is 10.6. The number of amides is 1. The van der Waals surface area contributed by atoms with Crippen molar-refractivity contribution in [1.29, 1.82) is 0 Å². The lowest BCUT2D eigenvalue weighted by Crippen LogP contribution is -2.36. The molecule has 0 saturated heterocycles. The molecule has 1 aliphatic carbocycles. The number of carboxylic acid groups (broad SMARTS) is 1. The van der Waals surface area contributed by atoms with Crippen LogP contribution < -0.4 is 0 Å². The van der Waals surface area contributed by atoms with Crippen molar-refractivity contribution in [1.82, 2.24) is 4.90 Å². The highest BCUT2D eigenvalue weighted by Gasteiger charge is 2.45. The third kappa shape index (κ3) is 2.82. The summed E-state index contributed by atoms with van der Waals surface area (Å²) in [6.45, 7) is 2.04. The van der Waals surface area contributed by atoms with Gasteiger partial charge in [-0.25, -0.2) is 0 Å². The fourth-order valence-electron chi connectivity index (χ4n) is 3.02. The zero-order chi connectivity index (χ0) is 15.7. The molecule has 1 aliphatic rings. The van der Waals surface area contributed by atoms with Gasteiger partial charge in [0.1, 0.15) is 6.54 Å². The third-order valence-corrected chi connectivity index (χ3v) is 4.33. The second kappa shape index (κ2) is 5.79. The zero-order valence-electron chi connectivity index (χ0n) is 12.5. The molecule has 114 valence electrons. The summed E-state index contributed by atoms with van der Waals surface area (Å²) in [5.74, 6) is -0.846. The molecule has 4 heteroatoms. The molecule has 22 heavy (non-hydrogen) atoms. The highest BCUT2D eigenvalue weighted by molar-refractivity contribution is 5.87. The summed E-state index contributed by atoms with van der Waals surface area (Å²) in [5.41, 5.74) is 1.17. The summed E-state index contributed by atoms with van der Waals surface area (Å²) in [6.07, 6.45) is 0.813. The Kier molecular flexibility index (Phi) is 3.84. The lowest BCUT2D eigenvalue weighted by atomic mass is 10.0. The molecule has 0 aromatic heterocycles. The van der Waals surface area contributed by atoms with Crippen LogP contribution in [-0.2, 0) is 9.59 Å². The Hall–Kier alpha value is -2.36. The quantitative estimate of drug-likeness (QED) is 0.923. The standard InChI is InChI=1S/C18H19NO3/c1-2-19(11-17(20)21)18(22)16-10-15(16)14-8-7-12-5-3-4-6-13(12)9-14/h3-9,15-16H,2,10-11H2,1H3,(H,20,21). The summed E-state index contributed by atoms with van der Waals surface area (Å²) in [6, 6.07) is 14.5. The lowest BCUT2D eigenvalue weighted by molar-refractivity contribution is -0.144. The number of carbonyl (C=O) groups is 2. The summed E-state index contributed by atoms with van der Waals surface area (Å²) in [7, 11) is 0. The van der Waals surface area contributed by atoms with Crippen molar-refractivity contribution < 1.29 is 14.7 Å². The van der Waals surface area contributed by atoms with Gasteiger partial charge in [-0.1, -0.05) is 42.5 Å². The van der Waals surface area contributed by atoms with Gasteiger partial charge in [-0.3, -0.25) is 9.59 Å². The molecular weight excluding hydrogens is 278 g/mol. The van der Waals surface area contributed by atoms with Crippen molar-refractivity contribution in [3.63, 3.8) is 0 Å². The Morgan fingerprint density at radius 1 is 1.18 bits per heavy atom. The number of likely N-dealkylation sites (N-methyl/N-ethyl adjacent to an activating group) is 1. The van der Waals surface area contributed by atoms with E-state index in [0.29, 0.717) is 6.54 Å². The molecule has 2 aromatic rings. The van der Waals surface area contributed by atoms with Crippen molar-refractivity contribution >= 4 is 22.6 Å². The van der Waals surface area contributed by atoms with Crippen LogP contribution in [-0.4, -0.2) is 35.0 Å². The molecule has 4 nitrogen and oxygen atoms in total. The SMILES string of the molecule is CCN(CC(=O)O)C(=O)C1CC1c1ccc2ccccc2c1. The van der Waals surface area contributed by atoms with Crippen molar-refractivity contribution in [3.05, 3.63) is 48.0 Å². The van der Waals surface area contributed by atoms with Crippen LogP contribution in [0.25, 0.3) is 10.8 Å². The van der Waals surface area contributed by atoms with Crippen molar-refractivity contribution in [2.24, 2.45) is 5.92 Å². The Morgan fingerprint density at radius 3 is 2.59 bits per heavy atom. The minimum Gasteiger partial charge on any atom is -0.480 e. The maximum atomic E-state index is 12.4. The molecule has 1 N–H and O–H groups in total. The number of rotatable bonds is 5. The largest absolute Gasteiger partial charge is 0.480 e. The van der Waals surface area contributed by atoms with Crippen LogP contribution in [0.1, 0.15) is 24.8 Å². The molecule has 2 atom stereocenters. The van der Waals surface area contributed by atoms with E-state index in [-0.39, 0.29) is 24.3 Å². The molecule has 0 radical (unpaired) electrons. The third-order valence-electron chi connectivity index (χ3n) is 4.33. The molecule has 0 aliphatic heterocycles. The molecule has 1 saturated carbocycles. The van der Waals surface area contributed by atoms with Crippen LogP contribution in [0.3, 0.4) is 0 Å². The predicted octanol–water partition coefficient (Wildman–Crippen LogP) is 2.88. The predicted molar refractivity (Wildman–Crippen MR) is 84.7 cm³/mol. The minimum absolute atomic E-state index is 0.0388. The van der Waals surface area contributed by atoms with Crippen molar-refractivity contribution in [3.8, 4) is 0 Å². The topological polar surface area (TPSA) is 57.6 Å². The monoisotopic (exact) mass is 297 g/mol. The number of benzene rings is 2. The van der Waals surface area contributed by atoms with Gasteiger partial charge >= 0.3 is 5.97 Å². The second-order valence-corrected chi connectivity index (χ2v) is 5.80. The normalized spacial score (nSPS) is 19.9. The van der Waals surface area contributed by atoms with E-state index in [1.165, 1.54) is 21.2 Å². The number of fused-ring (bicyclic) bond motifs is 1. The fourth-order valence-corrected chi connectivity index (χ4v) is 3.02. The van der Waals surface area contributed by atoms with E-state index in [1.807, 2.05) is 19.1 Å². The van der Waals surface area contributed by atoms with Crippen LogP contribution in [0.4, 0.5) is 0 Å². The highest BCUT2D eigenvalue weighted by Crippen LogP contribution is 2.48. The Balaban J connectivity index is 1.74. The van der Waals surface area contributed by atoms with E-state index in [0.717, 1.165) is 6.42 Å². The molecule has 0 heterocycles. The number of hydrogen-bond acceptors (Lipinski definition) is 2. The number of carbonyl (C=O) groups excluding carboxylic acids is 1. The number of nitrogens with zero attached hydrogens (tertiary/aromatic N) is 1. The summed E-state index contributed by atoms with van der Waals surface area (Å²) in [5, 5.41) is 11.2. The van der Waals surface area contributed by atoms with Crippen LogP contribution in [0, 0.1) is 5.92 Å². The van der Waals surface area contributed by atoms with Gasteiger partial charge in [0.05, 0.1) is 0 Å². The van der Waals surface area contributed by atoms with Gasteiger partial charge in [0.25, 0.3) is 0 Å². The van der Waals surface area contributed by atoms with Gasteiger partial charge in [-0.15, -0.1) is 0 Å². The van der Waals surface area contributed by atoms with Gasteiger partial charge in [0, 0.05) is 12.5 Å². The van der Waals surface area contributed by atoms with Crippen LogP contribution in [0.2, 0.25) is 0 Å². The molecule has 0 bridgehead atoms. The maximum Gasteiger partial charge on any atom is 0.323 e. The zero-order valence-corrected chi connectivity index (χ0v) is 12.5. The number of carboxylic acids is 1. The van der Waals surface area contributed by atoms with E-state index in [2.05, 4.69) is 30.3 Å². The Bertz CT molecular complexity index is 725. The summed E-state index contributed by atoms with van der Waals surface area (Å²) >= 11 is 0. The molecule has 0 spiro atoms. The first-order valence-electron chi connectivity index (χ1n) is 7.59. The fraction of sp³-hybridized carbons (Fsp3) is 0.333. The van der Waals surface area contributed by atoms with Gasteiger partial charge in [0.2, 0.25) is 5.91 Å². The van der Waals surface area contributed by atoms with Gasteiger partial charge in [-0.05, 0) is 35.6 Å². The summed E-state index contributed by atoms with van der Waals surface area (Å²) < 4.78 is 0. The number of aliphatic carboxylic acids is 1. The highest BCUT2D eigenvalue weighted by atomic mass is 16.4. The Morgan fingerprint density at radius 2 is 1.91 bits per heavy atom. The second-order valence-electron chi connectivity index (χ2n) is 5.80. The van der Waals surface area contributed by atoms with Gasteiger partial charge in [0.15, 0.2) is 0 Å². The average molecular weight is 297 g/mol. The van der Waals surface area contributed by atoms with Gasteiger partial charge < -0.3 is 10.0 Å². The van der Waals surface area contributed by atoms with Crippen LogP contribution in [0.5, 0.6) is 0 Å². The lowest BCUT2D eigenvalue weighted by Gasteiger charge is -2.18. The van der Waals surface area contributed by atoms with E-state index in [4.69, 9.17) is 5.11 Å². The van der Waals surface area contributed by atoms with E-state index >= 15 is 0 Å². The van der Waals surface area contributed by atoms with Crippen molar-refractivity contribution in [2.75, 3.05) is 13.1 Å². The van der Waals surface area contributed by atoms with E-state index < -0.39 is 5.97 Å². The van der Waals surface area contributed by atoms with Crippen molar-refractivity contribution in [2.45, 2.75) is 19.3 Å². The minimum atomic E-state index is -0.960. The average Bonchev–Trinajstić information content (AvgIpc) is 3.32. The maximum absolute atomic E-state index is 12.4. The molecule has 1 fully saturated rings. The molecule has 1 amide bonds. The molecule has 3 rings (SSSR count). The molecule has 2 aromatic carbocycles. The Labute approximate surface area is 129 Å². The first kappa shape index (κ1) is 14.6. The van der Waals surface area contributed by atoms with Crippen LogP contribution in [0.15, 0.2) is 42.5 Å². The molecular formula is C18H19NO3. The van der Waals surface area contributed by atoms with Gasteiger partial charge in [-0.2, -0.15) is 0 Å². The smallest absolute Gasteiger partial charge is 0.323 e.